The Balaban J connectivity index is 0.00000210. The van der Waals surface area contributed by atoms with E-state index in [1.165, 1.54) is 5.56 Å². The molecule has 2 aliphatic rings. The van der Waals surface area contributed by atoms with Crippen LogP contribution in [0.25, 0.3) is 0 Å². The van der Waals surface area contributed by atoms with E-state index >= 15 is 0 Å². The minimum atomic E-state index is 0. The first-order valence-corrected chi connectivity index (χ1v) is 9.03. The van der Waals surface area contributed by atoms with E-state index < -0.39 is 0 Å². The van der Waals surface area contributed by atoms with Crippen molar-refractivity contribution in [1.82, 2.24) is 20.0 Å². The van der Waals surface area contributed by atoms with Gasteiger partial charge in [-0.1, -0.05) is 18.2 Å². The molecule has 8 heteroatoms. The Labute approximate surface area is 176 Å². The maximum Gasteiger partial charge on any atom is 0.193 e. The number of halogens is 1. The molecule has 2 aromatic rings. The standard InChI is InChI=1S/C19H25N5O2.HI/c1-20-19(21-11-16-9-14-5-3-4-6-17(14)26-16)24-7-8-25-18(13-24)15-10-22-23(2)12-15;/h3-6,10,12,16,18H,7-9,11,13H2,1-2H3,(H,20,21);1H. The van der Waals surface area contributed by atoms with E-state index in [2.05, 4.69) is 32.4 Å². The number of aromatic nitrogens is 2. The first-order valence-electron chi connectivity index (χ1n) is 9.03. The summed E-state index contributed by atoms with van der Waals surface area (Å²) in [6.45, 7) is 2.99. The molecule has 2 aliphatic heterocycles. The molecule has 1 aromatic heterocycles. The Morgan fingerprint density at radius 1 is 1.37 bits per heavy atom. The predicted octanol–water partition coefficient (Wildman–Crippen LogP) is 1.99. The van der Waals surface area contributed by atoms with Gasteiger partial charge in [0.15, 0.2) is 5.96 Å². The number of nitrogens with one attached hydrogen (secondary N) is 1. The highest BCUT2D eigenvalue weighted by atomic mass is 127. The summed E-state index contributed by atoms with van der Waals surface area (Å²) in [5.74, 6) is 1.89. The highest BCUT2D eigenvalue weighted by Crippen LogP contribution is 2.28. The first-order chi connectivity index (χ1) is 12.7. The number of benzene rings is 1. The molecular weight excluding hydrogens is 457 g/mol. The van der Waals surface area contributed by atoms with Crippen LogP contribution in [0, 0.1) is 0 Å². The van der Waals surface area contributed by atoms with Gasteiger partial charge in [0.2, 0.25) is 0 Å². The minimum Gasteiger partial charge on any atom is -0.488 e. The molecule has 0 saturated carbocycles. The first kappa shape index (κ1) is 19.9. The molecule has 0 aliphatic carbocycles. The number of aryl methyl sites for hydroxylation is 1. The van der Waals surface area contributed by atoms with Crippen molar-refractivity contribution in [3.8, 4) is 5.75 Å². The normalized spacial score (nSPS) is 22.0. The number of para-hydroxylation sites is 1. The second-order valence-electron chi connectivity index (χ2n) is 6.73. The molecule has 27 heavy (non-hydrogen) atoms. The van der Waals surface area contributed by atoms with Gasteiger partial charge in [-0.15, -0.1) is 24.0 Å². The average Bonchev–Trinajstić information content (AvgIpc) is 3.28. The summed E-state index contributed by atoms with van der Waals surface area (Å²) in [5.41, 5.74) is 2.37. The van der Waals surface area contributed by atoms with Crippen LogP contribution in [0.15, 0.2) is 41.7 Å². The maximum absolute atomic E-state index is 6.01. The molecule has 0 bridgehead atoms. The number of aliphatic imine (C=N–C) groups is 1. The van der Waals surface area contributed by atoms with Crippen LogP contribution in [0.4, 0.5) is 0 Å². The monoisotopic (exact) mass is 483 g/mol. The van der Waals surface area contributed by atoms with Crippen LogP contribution >= 0.6 is 24.0 Å². The summed E-state index contributed by atoms with van der Waals surface area (Å²) in [6, 6.07) is 8.23. The van der Waals surface area contributed by atoms with Crippen molar-refractivity contribution >= 4 is 29.9 Å². The van der Waals surface area contributed by atoms with Crippen molar-refractivity contribution in [3.05, 3.63) is 47.8 Å². The number of guanidine groups is 1. The zero-order valence-electron chi connectivity index (χ0n) is 15.7. The van der Waals surface area contributed by atoms with E-state index in [0.29, 0.717) is 6.61 Å². The van der Waals surface area contributed by atoms with Crippen molar-refractivity contribution in [3.63, 3.8) is 0 Å². The highest BCUT2D eigenvalue weighted by molar-refractivity contribution is 14.0. The molecule has 2 atom stereocenters. The van der Waals surface area contributed by atoms with Gasteiger partial charge in [-0.2, -0.15) is 5.10 Å². The van der Waals surface area contributed by atoms with Crippen molar-refractivity contribution in [2.24, 2.45) is 12.0 Å². The number of rotatable bonds is 3. The van der Waals surface area contributed by atoms with Gasteiger partial charge in [0.1, 0.15) is 18.0 Å². The van der Waals surface area contributed by atoms with Crippen LogP contribution in [0.5, 0.6) is 5.75 Å². The van der Waals surface area contributed by atoms with Crippen LogP contribution in [-0.4, -0.2) is 60.0 Å². The molecular formula is C19H26IN5O2. The van der Waals surface area contributed by atoms with Crippen LogP contribution in [0.2, 0.25) is 0 Å². The van der Waals surface area contributed by atoms with Crippen LogP contribution < -0.4 is 10.1 Å². The molecule has 0 spiro atoms. The van der Waals surface area contributed by atoms with Gasteiger partial charge in [0.05, 0.1) is 25.9 Å². The Morgan fingerprint density at radius 3 is 2.96 bits per heavy atom. The smallest absolute Gasteiger partial charge is 0.193 e. The molecule has 3 heterocycles. The molecule has 2 unspecified atom stereocenters. The highest BCUT2D eigenvalue weighted by Gasteiger charge is 2.27. The number of fused-ring (bicyclic) bond motifs is 1. The average molecular weight is 483 g/mol. The number of hydrogen-bond donors (Lipinski definition) is 1. The lowest BCUT2D eigenvalue weighted by atomic mass is 10.1. The third-order valence-corrected chi connectivity index (χ3v) is 4.88. The Hall–Kier alpha value is -1.81. The van der Waals surface area contributed by atoms with Gasteiger partial charge in [-0.3, -0.25) is 9.67 Å². The lowest BCUT2D eigenvalue weighted by molar-refractivity contribution is -0.00814. The van der Waals surface area contributed by atoms with E-state index in [1.54, 1.807) is 4.68 Å². The van der Waals surface area contributed by atoms with E-state index in [9.17, 15) is 0 Å². The summed E-state index contributed by atoms with van der Waals surface area (Å²) >= 11 is 0. The molecule has 4 rings (SSSR count). The minimum absolute atomic E-state index is 0. The maximum atomic E-state index is 6.01. The topological polar surface area (TPSA) is 63.9 Å². The second-order valence-corrected chi connectivity index (χ2v) is 6.73. The van der Waals surface area contributed by atoms with Gasteiger partial charge >= 0.3 is 0 Å². The van der Waals surface area contributed by atoms with Gasteiger partial charge < -0.3 is 19.7 Å². The fourth-order valence-corrected chi connectivity index (χ4v) is 3.55. The Morgan fingerprint density at radius 2 is 2.22 bits per heavy atom. The zero-order valence-corrected chi connectivity index (χ0v) is 18.0. The summed E-state index contributed by atoms with van der Waals surface area (Å²) < 4.78 is 13.7. The molecule has 1 fully saturated rings. The Bertz CT molecular complexity index is 769. The summed E-state index contributed by atoms with van der Waals surface area (Å²) in [6.07, 6.45) is 4.96. The van der Waals surface area contributed by atoms with E-state index in [1.807, 2.05) is 38.6 Å². The van der Waals surface area contributed by atoms with Gasteiger partial charge in [-0.25, -0.2) is 0 Å². The largest absolute Gasteiger partial charge is 0.488 e. The quantitative estimate of drug-likeness (QED) is 0.411. The second kappa shape index (κ2) is 8.92. The lowest BCUT2D eigenvalue weighted by Gasteiger charge is -2.35. The molecule has 0 radical (unpaired) electrons. The molecule has 7 nitrogen and oxygen atoms in total. The number of hydrogen-bond acceptors (Lipinski definition) is 4. The van der Waals surface area contributed by atoms with E-state index in [0.717, 1.165) is 43.3 Å². The fourth-order valence-electron chi connectivity index (χ4n) is 3.55. The van der Waals surface area contributed by atoms with Crippen LogP contribution in [-0.2, 0) is 18.2 Å². The van der Waals surface area contributed by atoms with Crippen molar-refractivity contribution < 1.29 is 9.47 Å². The third kappa shape index (κ3) is 4.55. The van der Waals surface area contributed by atoms with Crippen LogP contribution in [0.3, 0.4) is 0 Å². The molecule has 1 aromatic carbocycles. The number of morpholine rings is 1. The molecule has 0 amide bonds. The predicted molar refractivity (Wildman–Crippen MR) is 115 cm³/mol. The van der Waals surface area contributed by atoms with Crippen molar-refractivity contribution in [1.29, 1.82) is 0 Å². The van der Waals surface area contributed by atoms with Crippen LogP contribution in [0.1, 0.15) is 17.2 Å². The number of nitrogens with zero attached hydrogens (tertiary/aromatic N) is 4. The lowest BCUT2D eigenvalue weighted by Crippen LogP contribution is -2.50. The fraction of sp³-hybridized carbons (Fsp3) is 0.474. The summed E-state index contributed by atoms with van der Waals surface area (Å²) in [4.78, 5) is 6.69. The number of ether oxygens (including phenoxy) is 2. The zero-order chi connectivity index (χ0) is 17.9. The molecule has 146 valence electrons. The summed E-state index contributed by atoms with van der Waals surface area (Å²) in [5, 5.41) is 7.71. The van der Waals surface area contributed by atoms with Gasteiger partial charge in [0.25, 0.3) is 0 Å². The third-order valence-electron chi connectivity index (χ3n) is 4.88. The van der Waals surface area contributed by atoms with Crippen molar-refractivity contribution in [2.45, 2.75) is 18.6 Å². The Kier molecular flexibility index (Phi) is 6.59. The van der Waals surface area contributed by atoms with Gasteiger partial charge in [-0.05, 0) is 11.6 Å². The summed E-state index contributed by atoms with van der Waals surface area (Å²) in [7, 11) is 3.74. The SMILES string of the molecule is CN=C(NCC1Cc2ccccc2O1)N1CCOC(c2cnn(C)c2)C1.I. The van der Waals surface area contributed by atoms with E-state index in [4.69, 9.17) is 9.47 Å². The van der Waals surface area contributed by atoms with E-state index in [-0.39, 0.29) is 36.2 Å². The van der Waals surface area contributed by atoms with Crippen molar-refractivity contribution in [2.75, 3.05) is 33.3 Å². The molecule has 1 N–H and O–H groups in total. The van der Waals surface area contributed by atoms with Gasteiger partial charge in [0, 0.05) is 38.8 Å². The molecule has 1 saturated heterocycles.